The second-order valence-electron chi connectivity index (χ2n) is 10.3. The van der Waals surface area contributed by atoms with Crippen LogP contribution >= 0.6 is 34.8 Å². The van der Waals surface area contributed by atoms with Gasteiger partial charge in [0.15, 0.2) is 0 Å². The van der Waals surface area contributed by atoms with Crippen molar-refractivity contribution < 1.29 is 30.1 Å². The van der Waals surface area contributed by atoms with Crippen LogP contribution < -0.4 is 16.8 Å². The Balaban J connectivity index is 1.60. The third-order valence-electron chi connectivity index (χ3n) is 6.93. The van der Waals surface area contributed by atoms with Crippen LogP contribution in [0.25, 0.3) is 0 Å². The largest absolute Gasteiger partial charge is 0.460 e. The average molecular weight is 657 g/mol. The number of nitrogens with two attached hydrogens (primary N) is 2. The van der Waals surface area contributed by atoms with E-state index in [0.717, 1.165) is 11.1 Å². The Morgan fingerprint density at radius 3 is 2.23 bits per heavy atom. The number of halogens is 3. The van der Waals surface area contributed by atoms with Crippen molar-refractivity contribution in [2.24, 2.45) is 11.5 Å². The van der Waals surface area contributed by atoms with Crippen molar-refractivity contribution in [2.45, 2.75) is 73.1 Å². The van der Waals surface area contributed by atoms with Crippen LogP contribution in [0.3, 0.4) is 0 Å². The SMILES string of the molecule is [2H]N[C@@H](CCCC(N)C(=O)OCc1ccccc1)C(=O)N[C@@H](Cc1ccccc1)C(=O)N1CCC[C@H]1C(=O)OCC(Cl)(Cl)Cl. The predicted molar refractivity (Wildman–Crippen MR) is 164 cm³/mol. The number of rotatable bonds is 15. The minimum Gasteiger partial charge on any atom is -0.460 e. The predicted octanol–water partition coefficient (Wildman–Crippen LogP) is 3.19. The van der Waals surface area contributed by atoms with Crippen LogP contribution in [-0.2, 0) is 41.7 Å². The Hall–Kier alpha value is -2.89. The molecule has 10 nitrogen and oxygen atoms in total. The molecule has 1 saturated heterocycles. The standard InChI is InChI=1S/C30H37Cl3N4O6/c31-30(32,33)19-43-29(41)25-15-8-16-37(25)27(39)24(17-20-9-3-1-4-10-20)36-26(38)22(34)13-7-14-23(35)28(40)42-18-21-11-5-2-6-12-21/h1-6,9-12,22-25H,7-8,13-19,34-35H2,(H,36,38)/t22-,23?,24-,25-/m0/s1/i/hD. The number of nitrogens with one attached hydrogen (secondary N) is 1. The highest BCUT2D eigenvalue weighted by molar-refractivity contribution is 6.67. The summed E-state index contributed by atoms with van der Waals surface area (Å²) in [5, 5.41) is 2.76. The number of amides is 2. The van der Waals surface area contributed by atoms with Gasteiger partial charge in [-0.3, -0.25) is 14.4 Å². The van der Waals surface area contributed by atoms with E-state index in [1.54, 1.807) is 0 Å². The summed E-state index contributed by atoms with van der Waals surface area (Å²) in [6.45, 7) is -0.0810. The lowest BCUT2D eigenvalue weighted by Gasteiger charge is -2.29. The quantitative estimate of drug-likeness (QED) is 0.195. The zero-order valence-corrected chi connectivity index (χ0v) is 25.8. The minimum atomic E-state index is -1.79. The highest BCUT2D eigenvalue weighted by Crippen LogP contribution is 2.27. The van der Waals surface area contributed by atoms with Gasteiger partial charge >= 0.3 is 11.9 Å². The second-order valence-corrected chi connectivity index (χ2v) is 12.9. The van der Waals surface area contributed by atoms with Crippen molar-refractivity contribution in [3.63, 3.8) is 0 Å². The zero-order chi connectivity index (χ0) is 32.1. The smallest absolute Gasteiger partial charge is 0.329 e. The van der Waals surface area contributed by atoms with Crippen LogP contribution in [0.4, 0.5) is 0 Å². The minimum absolute atomic E-state index is 0.103. The Kier molecular flexibility index (Phi) is 12.9. The van der Waals surface area contributed by atoms with Crippen molar-refractivity contribution in [1.29, 1.82) is 0 Å². The molecule has 5 N–H and O–H groups in total. The number of carbonyl (C=O) groups excluding carboxylic acids is 4. The van der Waals surface area contributed by atoms with Crippen molar-refractivity contribution in [2.75, 3.05) is 13.2 Å². The number of ether oxygens (including phenoxy) is 2. The van der Waals surface area contributed by atoms with Crippen LogP contribution in [0.15, 0.2) is 60.7 Å². The fourth-order valence-corrected chi connectivity index (χ4v) is 4.84. The molecule has 2 amide bonds. The molecule has 1 fully saturated rings. The van der Waals surface area contributed by atoms with Crippen LogP contribution in [0, 0.1) is 0 Å². The van der Waals surface area contributed by atoms with E-state index in [0.29, 0.717) is 19.3 Å². The molecule has 0 aromatic heterocycles. The Labute approximate surface area is 267 Å². The van der Waals surface area contributed by atoms with E-state index >= 15 is 0 Å². The van der Waals surface area contributed by atoms with Crippen molar-refractivity contribution in [3.05, 3.63) is 71.8 Å². The molecule has 13 heteroatoms. The molecule has 0 spiro atoms. The molecule has 0 aliphatic carbocycles. The summed E-state index contributed by atoms with van der Waals surface area (Å²) >= 11 is 17.1. The van der Waals surface area contributed by atoms with Gasteiger partial charge in [0.2, 0.25) is 15.6 Å². The molecule has 2 aromatic rings. The van der Waals surface area contributed by atoms with E-state index < -0.39 is 58.3 Å². The van der Waals surface area contributed by atoms with Crippen LogP contribution in [-0.4, -0.2) is 69.8 Å². The molecule has 1 unspecified atom stereocenters. The summed E-state index contributed by atoms with van der Waals surface area (Å²) in [5.41, 5.74) is 9.85. The van der Waals surface area contributed by atoms with E-state index in [-0.39, 0.29) is 32.4 Å². The fraction of sp³-hybridized carbons (Fsp3) is 0.467. The maximum Gasteiger partial charge on any atom is 0.329 e. The van der Waals surface area contributed by atoms with Gasteiger partial charge in [0.05, 0.1) is 6.04 Å². The number of benzene rings is 2. The van der Waals surface area contributed by atoms with E-state index in [2.05, 4.69) is 11.0 Å². The molecule has 0 saturated carbocycles. The molecule has 3 rings (SSSR count). The monoisotopic (exact) mass is 655 g/mol. The van der Waals surface area contributed by atoms with E-state index in [4.69, 9.17) is 51.4 Å². The molecule has 2 aromatic carbocycles. The lowest BCUT2D eigenvalue weighted by Crippen LogP contribution is -2.55. The van der Waals surface area contributed by atoms with Crippen molar-refractivity contribution in [3.8, 4) is 0 Å². The number of alkyl halides is 3. The van der Waals surface area contributed by atoms with Gasteiger partial charge in [-0.05, 0) is 43.2 Å². The molecule has 0 bridgehead atoms. The number of nitrogens with zero attached hydrogens (tertiary/aromatic N) is 1. The normalized spacial score (nSPS) is 17.3. The second kappa shape index (κ2) is 16.8. The van der Waals surface area contributed by atoms with Crippen LogP contribution in [0.2, 0.25) is 1.41 Å². The maximum atomic E-state index is 13.7. The van der Waals surface area contributed by atoms with Gasteiger partial charge < -0.3 is 31.2 Å². The van der Waals surface area contributed by atoms with Gasteiger partial charge in [-0.25, -0.2) is 4.79 Å². The topological polar surface area (TPSA) is 154 Å². The molecule has 1 aliphatic heterocycles. The van der Waals surface area contributed by atoms with Crippen LogP contribution in [0.1, 0.15) is 43.2 Å². The van der Waals surface area contributed by atoms with Crippen molar-refractivity contribution >= 4 is 58.6 Å². The summed E-state index contributed by atoms with van der Waals surface area (Å²) in [4.78, 5) is 53.4. The fourth-order valence-electron chi connectivity index (χ4n) is 4.67. The number of hydrogen-bond acceptors (Lipinski definition) is 8. The number of hydrogen-bond donors (Lipinski definition) is 3. The average Bonchev–Trinajstić information content (AvgIpc) is 3.51. The highest BCUT2D eigenvalue weighted by atomic mass is 35.6. The van der Waals surface area contributed by atoms with E-state index in [1.165, 1.54) is 4.90 Å². The first-order valence-electron chi connectivity index (χ1n) is 14.5. The lowest BCUT2D eigenvalue weighted by molar-refractivity contribution is -0.154. The first-order chi connectivity index (χ1) is 21.0. The van der Waals surface area contributed by atoms with Gasteiger partial charge in [-0.2, -0.15) is 0 Å². The summed E-state index contributed by atoms with van der Waals surface area (Å²) < 4.78 is 16.3. The van der Waals surface area contributed by atoms with Gasteiger partial charge in [-0.15, -0.1) is 0 Å². The molecule has 4 atom stereocenters. The summed E-state index contributed by atoms with van der Waals surface area (Å²) in [5.74, 6) is -2.31. The highest BCUT2D eigenvalue weighted by Gasteiger charge is 2.39. The van der Waals surface area contributed by atoms with Crippen LogP contribution in [0.5, 0.6) is 0 Å². The molecule has 1 heterocycles. The lowest BCUT2D eigenvalue weighted by atomic mass is 10.0. The van der Waals surface area contributed by atoms with E-state index in [9.17, 15) is 19.2 Å². The van der Waals surface area contributed by atoms with E-state index in [1.807, 2.05) is 60.7 Å². The number of esters is 2. The third kappa shape index (κ3) is 11.6. The summed E-state index contributed by atoms with van der Waals surface area (Å²) in [7, 11) is 0. The Bertz CT molecular complexity index is 1240. The third-order valence-corrected chi connectivity index (χ3v) is 7.26. The Morgan fingerprint density at radius 2 is 1.60 bits per heavy atom. The molecule has 1 aliphatic rings. The first-order valence-corrected chi connectivity index (χ1v) is 15.1. The summed E-state index contributed by atoms with van der Waals surface area (Å²) in [6, 6.07) is 14.5. The molecular formula is C30H37Cl3N4O6. The number of carbonyl (C=O) groups is 4. The number of likely N-dealkylation sites (tertiary alicyclic amines) is 1. The Morgan fingerprint density at radius 1 is 0.977 bits per heavy atom. The molecule has 43 heavy (non-hydrogen) atoms. The van der Waals surface area contributed by atoms with Gasteiger partial charge in [0.25, 0.3) is 0 Å². The van der Waals surface area contributed by atoms with Gasteiger partial charge in [0, 0.05) is 13.0 Å². The van der Waals surface area contributed by atoms with Crippen molar-refractivity contribution in [1.82, 2.24) is 10.2 Å². The first kappa shape index (κ1) is 33.0. The van der Waals surface area contributed by atoms with Gasteiger partial charge in [0.1, 0.15) is 32.8 Å². The summed E-state index contributed by atoms with van der Waals surface area (Å²) in [6.07, 6.45) is 1.82. The zero-order valence-electron chi connectivity index (χ0n) is 24.6. The van der Waals surface area contributed by atoms with Gasteiger partial charge in [-0.1, -0.05) is 95.5 Å². The molecule has 234 valence electrons. The molecular weight excluding hydrogens is 619 g/mol. The molecule has 0 radical (unpaired) electrons. The maximum absolute atomic E-state index is 13.7.